The standard InChI is InChI=1S/C16H11ClN2/c1-2-5-11-8-9-12(17)10-13(11)16-18-14-6-3-4-7-15(14)19-16/h3-4,6-10H,1H3,(H,18,19). The molecule has 92 valence electrons. The van der Waals surface area contributed by atoms with Crippen LogP contribution < -0.4 is 0 Å². The van der Waals surface area contributed by atoms with E-state index in [1.807, 2.05) is 49.4 Å². The first-order valence-electron chi connectivity index (χ1n) is 5.95. The molecule has 0 fully saturated rings. The molecule has 1 N–H and O–H groups in total. The average Bonchev–Trinajstić information content (AvgIpc) is 2.84. The molecule has 0 saturated carbocycles. The van der Waals surface area contributed by atoms with Gasteiger partial charge in [0.15, 0.2) is 0 Å². The summed E-state index contributed by atoms with van der Waals surface area (Å²) in [5.41, 5.74) is 3.80. The maximum Gasteiger partial charge on any atom is 0.139 e. The van der Waals surface area contributed by atoms with E-state index in [-0.39, 0.29) is 0 Å². The number of imidazole rings is 1. The van der Waals surface area contributed by atoms with Gasteiger partial charge >= 0.3 is 0 Å². The lowest BCUT2D eigenvalue weighted by molar-refractivity contribution is 1.33. The number of hydrogen-bond acceptors (Lipinski definition) is 1. The van der Waals surface area contributed by atoms with E-state index in [1.54, 1.807) is 0 Å². The first-order chi connectivity index (χ1) is 9.28. The van der Waals surface area contributed by atoms with Crippen LogP contribution in [0.15, 0.2) is 42.5 Å². The Morgan fingerprint density at radius 2 is 2.00 bits per heavy atom. The highest BCUT2D eigenvalue weighted by molar-refractivity contribution is 6.30. The van der Waals surface area contributed by atoms with E-state index in [2.05, 4.69) is 21.8 Å². The molecule has 0 amide bonds. The summed E-state index contributed by atoms with van der Waals surface area (Å²) in [7, 11) is 0. The Morgan fingerprint density at radius 3 is 2.79 bits per heavy atom. The van der Waals surface area contributed by atoms with Gasteiger partial charge in [0.05, 0.1) is 11.0 Å². The molecule has 3 rings (SSSR count). The van der Waals surface area contributed by atoms with Crippen LogP contribution in [0.3, 0.4) is 0 Å². The van der Waals surface area contributed by atoms with Gasteiger partial charge in [-0.15, -0.1) is 5.92 Å². The topological polar surface area (TPSA) is 28.7 Å². The van der Waals surface area contributed by atoms with E-state index in [4.69, 9.17) is 11.6 Å². The van der Waals surface area contributed by atoms with Crippen molar-refractivity contribution >= 4 is 22.6 Å². The Morgan fingerprint density at radius 1 is 1.16 bits per heavy atom. The number of hydrogen-bond donors (Lipinski definition) is 1. The molecule has 3 heteroatoms. The summed E-state index contributed by atoms with van der Waals surface area (Å²) in [4.78, 5) is 7.89. The number of aromatic nitrogens is 2. The quantitative estimate of drug-likeness (QED) is 0.655. The van der Waals surface area contributed by atoms with Gasteiger partial charge in [-0.2, -0.15) is 0 Å². The third-order valence-electron chi connectivity index (χ3n) is 2.89. The highest BCUT2D eigenvalue weighted by atomic mass is 35.5. The highest BCUT2D eigenvalue weighted by Crippen LogP contribution is 2.26. The molecule has 1 aromatic heterocycles. The first-order valence-corrected chi connectivity index (χ1v) is 6.33. The van der Waals surface area contributed by atoms with Gasteiger partial charge in [-0.1, -0.05) is 29.7 Å². The number of fused-ring (bicyclic) bond motifs is 1. The SMILES string of the molecule is CC#Cc1ccc(Cl)cc1-c1nc2ccccc2[nH]1. The normalized spacial score (nSPS) is 10.2. The number of rotatable bonds is 1. The van der Waals surface area contributed by atoms with Crippen molar-refractivity contribution in [2.24, 2.45) is 0 Å². The van der Waals surface area contributed by atoms with Crippen molar-refractivity contribution in [2.75, 3.05) is 0 Å². The Labute approximate surface area is 116 Å². The van der Waals surface area contributed by atoms with Crippen molar-refractivity contribution in [2.45, 2.75) is 6.92 Å². The Balaban J connectivity index is 2.24. The maximum absolute atomic E-state index is 6.08. The molecule has 19 heavy (non-hydrogen) atoms. The van der Waals surface area contributed by atoms with E-state index in [0.29, 0.717) is 5.02 Å². The van der Waals surface area contributed by atoms with Crippen LogP contribution in [0, 0.1) is 11.8 Å². The average molecular weight is 267 g/mol. The van der Waals surface area contributed by atoms with Crippen LogP contribution >= 0.6 is 11.6 Å². The van der Waals surface area contributed by atoms with E-state index in [0.717, 1.165) is 28.0 Å². The van der Waals surface area contributed by atoms with Gasteiger partial charge in [-0.05, 0) is 37.3 Å². The minimum atomic E-state index is 0.678. The Kier molecular flexibility index (Phi) is 2.98. The summed E-state index contributed by atoms with van der Waals surface area (Å²) in [6.45, 7) is 1.82. The van der Waals surface area contributed by atoms with Crippen LogP contribution in [0.25, 0.3) is 22.4 Å². The van der Waals surface area contributed by atoms with Crippen molar-refractivity contribution in [3.63, 3.8) is 0 Å². The lowest BCUT2D eigenvalue weighted by atomic mass is 10.1. The third kappa shape index (κ3) is 2.21. The van der Waals surface area contributed by atoms with Crippen molar-refractivity contribution in [3.8, 4) is 23.2 Å². The summed E-state index contributed by atoms with van der Waals surface area (Å²) in [6, 6.07) is 13.6. The minimum absolute atomic E-state index is 0.678. The molecule has 0 aliphatic carbocycles. The summed E-state index contributed by atoms with van der Waals surface area (Å²) >= 11 is 6.08. The molecular weight excluding hydrogens is 256 g/mol. The second-order valence-electron chi connectivity index (χ2n) is 4.17. The number of nitrogens with one attached hydrogen (secondary N) is 1. The molecule has 0 aliphatic heterocycles. The predicted molar refractivity (Wildman–Crippen MR) is 79.1 cm³/mol. The summed E-state index contributed by atoms with van der Waals surface area (Å²) in [6.07, 6.45) is 0. The lowest BCUT2D eigenvalue weighted by Gasteiger charge is -2.01. The predicted octanol–water partition coefficient (Wildman–Crippen LogP) is 4.25. The van der Waals surface area contributed by atoms with E-state index >= 15 is 0 Å². The molecule has 2 aromatic carbocycles. The van der Waals surface area contributed by atoms with E-state index in [9.17, 15) is 0 Å². The van der Waals surface area contributed by atoms with Crippen LogP contribution in [0.1, 0.15) is 12.5 Å². The Bertz CT molecular complexity index is 773. The second-order valence-corrected chi connectivity index (χ2v) is 4.60. The zero-order chi connectivity index (χ0) is 13.2. The maximum atomic E-state index is 6.08. The number of H-pyrrole nitrogens is 1. The van der Waals surface area contributed by atoms with Gasteiger partial charge in [0, 0.05) is 16.1 Å². The minimum Gasteiger partial charge on any atom is -0.338 e. The third-order valence-corrected chi connectivity index (χ3v) is 3.12. The van der Waals surface area contributed by atoms with Crippen LogP contribution in [0.4, 0.5) is 0 Å². The van der Waals surface area contributed by atoms with Gasteiger partial charge in [0.1, 0.15) is 5.82 Å². The molecule has 0 radical (unpaired) electrons. The molecule has 0 saturated heterocycles. The van der Waals surface area contributed by atoms with E-state index in [1.165, 1.54) is 0 Å². The summed E-state index contributed by atoms with van der Waals surface area (Å²) in [5.74, 6) is 6.78. The largest absolute Gasteiger partial charge is 0.338 e. The number of para-hydroxylation sites is 2. The zero-order valence-electron chi connectivity index (χ0n) is 10.4. The van der Waals surface area contributed by atoms with Crippen molar-refractivity contribution in [1.82, 2.24) is 9.97 Å². The summed E-state index contributed by atoms with van der Waals surface area (Å²) < 4.78 is 0. The number of halogens is 1. The zero-order valence-corrected chi connectivity index (χ0v) is 11.1. The molecule has 1 heterocycles. The van der Waals surface area contributed by atoms with Gasteiger partial charge in [0.2, 0.25) is 0 Å². The van der Waals surface area contributed by atoms with Crippen LogP contribution in [-0.4, -0.2) is 9.97 Å². The van der Waals surface area contributed by atoms with Gasteiger partial charge < -0.3 is 4.98 Å². The number of aromatic amines is 1. The van der Waals surface area contributed by atoms with Crippen LogP contribution in [0.5, 0.6) is 0 Å². The molecule has 2 nitrogen and oxygen atoms in total. The number of benzene rings is 2. The fourth-order valence-electron chi connectivity index (χ4n) is 2.04. The fraction of sp³-hybridized carbons (Fsp3) is 0.0625. The smallest absolute Gasteiger partial charge is 0.139 e. The van der Waals surface area contributed by atoms with Crippen molar-refractivity contribution in [1.29, 1.82) is 0 Å². The Hall–Kier alpha value is -2.24. The first kappa shape index (κ1) is 11.8. The second kappa shape index (κ2) is 4.79. The fourth-order valence-corrected chi connectivity index (χ4v) is 2.21. The lowest BCUT2D eigenvalue weighted by Crippen LogP contribution is -1.86. The van der Waals surface area contributed by atoms with E-state index < -0.39 is 0 Å². The monoisotopic (exact) mass is 266 g/mol. The number of nitrogens with zero attached hydrogens (tertiary/aromatic N) is 1. The van der Waals surface area contributed by atoms with Gasteiger partial charge in [-0.3, -0.25) is 0 Å². The molecule has 0 bridgehead atoms. The van der Waals surface area contributed by atoms with Crippen LogP contribution in [-0.2, 0) is 0 Å². The molecule has 0 unspecified atom stereocenters. The van der Waals surface area contributed by atoms with Gasteiger partial charge in [-0.25, -0.2) is 4.98 Å². The van der Waals surface area contributed by atoms with Crippen LogP contribution in [0.2, 0.25) is 5.02 Å². The molecular formula is C16H11ClN2. The molecule has 3 aromatic rings. The van der Waals surface area contributed by atoms with Gasteiger partial charge in [0.25, 0.3) is 0 Å². The summed E-state index contributed by atoms with van der Waals surface area (Å²) in [5, 5.41) is 0.678. The molecule has 0 aliphatic rings. The molecule has 0 spiro atoms. The molecule has 0 atom stereocenters. The highest BCUT2D eigenvalue weighted by Gasteiger charge is 2.09. The van der Waals surface area contributed by atoms with Crippen molar-refractivity contribution in [3.05, 3.63) is 53.1 Å². The van der Waals surface area contributed by atoms with Crippen molar-refractivity contribution < 1.29 is 0 Å².